The van der Waals surface area contributed by atoms with E-state index in [9.17, 15) is 0 Å². The summed E-state index contributed by atoms with van der Waals surface area (Å²) in [5.41, 5.74) is 14.2. The third kappa shape index (κ3) is 6.82. The normalized spacial score (nSPS) is 11.8. The van der Waals surface area contributed by atoms with Gasteiger partial charge in [0.2, 0.25) is 0 Å². The van der Waals surface area contributed by atoms with Crippen LogP contribution in [0.15, 0.2) is 259 Å². The maximum Gasteiger partial charge on any atom is 0.164 e. The first-order valence-corrected chi connectivity index (χ1v) is 25.1. The number of furan rings is 1. The van der Waals surface area contributed by atoms with E-state index in [1.54, 1.807) is 0 Å². The Bertz CT molecular complexity index is 4710. The summed E-state index contributed by atoms with van der Waals surface area (Å²) in [4.78, 5) is 16.3. The zero-order valence-corrected chi connectivity index (χ0v) is 39.9. The first-order valence-electron chi connectivity index (χ1n) is 25.1. The van der Waals surface area contributed by atoms with E-state index in [1.165, 1.54) is 32.3 Å². The highest BCUT2D eigenvalue weighted by Crippen LogP contribution is 2.47. The van der Waals surface area contributed by atoms with Gasteiger partial charge in [-0.2, -0.15) is 0 Å². The molecule has 0 radical (unpaired) electrons. The molecule has 15 aromatic rings. The lowest BCUT2D eigenvalue weighted by Gasteiger charge is -2.22. The molecule has 0 unspecified atom stereocenters. The molecule has 0 saturated carbocycles. The monoisotopic (exact) mass is 942 g/mol. The van der Waals surface area contributed by atoms with E-state index in [4.69, 9.17) is 19.4 Å². The summed E-state index contributed by atoms with van der Waals surface area (Å²) in [5.74, 6) is 1.73. The van der Waals surface area contributed by atoms with Crippen LogP contribution in [0.1, 0.15) is 0 Å². The summed E-state index contributed by atoms with van der Waals surface area (Å²) >= 11 is 0. The van der Waals surface area contributed by atoms with Crippen molar-refractivity contribution in [2.75, 3.05) is 0 Å². The Labute approximate surface area is 425 Å². The topological polar surface area (TPSA) is 56.7 Å². The van der Waals surface area contributed by atoms with Gasteiger partial charge in [-0.3, -0.25) is 0 Å². The van der Waals surface area contributed by atoms with Crippen molar-refractivity contribution < 1.29 is 4.42 Å². The van der Waals surface area contributed by atoms with Crippen LogP contribution in [0, 0.1) is 0 Å². The quantitative estimate of drug-likeness (QED) is 0.160. The number of para-hydroxylation sites is 1. The molecule has 74 heavy (non-hydrogen) atoms. The molecule has 3 heterocycles. The van der Waals surface area contributed by atoms with E-state index in [0.717, 1.165) is 99.5 Å². The van der Waals surface area contributed by atoms with Crippen LogP contribution in [0.2, 0.25) is 0 Å². The highest BCUT2D eigenvalue weighted by atomic mass is 16.3. The number of hydrogen-bond acceptors (Lipinski definition) is 4. The van der Waals surface area contributed by atoms with Crippen molar-refractivity contribution in [3.63, 3.8) is 0 Å². The maximum absolute atomic E-state index is 6.31. The highest BCUT2D eigenvalue weighted by molar-refractivity contribution is 6.21. The molecule has 344 valence electrons. The number of fused-ring (bicyclic) bond motifs is 10. The summed E-state index contributed by atoms with van der Waals surface area (Å²) in [6, 6.07) is 91.0. The van der Waals surface area contributed by atoms with Crippen LogP contribution in [-0.2, 0) is 0 Å². The van der Waals surface area contributed by atoms with Crippen LogP contribution in [0.25, 0.3) is 149 Å². The van der Waals surface area contributed by atoms with Gasteiger partial charge in [-0.05, 0) is 104 Å². The van der Waals surface area contributed by atoms with Gasteiger partial charge in [-0.1, -0.05) is 200 Å². The molecule has 12 aromatic carbocycles. The minimum absolute atomic E-state index is 0.571. The minimum Gasteiger partial charge on any atom is -0.456 e. The molecule has 5 heteroatoms. The van der Waals surface area contributed by atoms with Gasteiger partial charge in [0.1, 0.15) is 11.2 Å². The summed E-state index contributed by atoms with van der Waals surface area (Å²) < 4.78 is 8.82. The second-order valence-corrected chi connectivity index (χ2v) is 19.1. The Morgan fingerprint density at radius 1 is 0.284 bits per heavy atom. The van der Waals surface area contributed by atoms with Crippen molar-refractivity contribution in [1.82, 2.24) is 19.5 Å². The molecule has 0 fully saturated rings. The average molecular weight is 943 g/mol. The van der Waals surface area contributed by atoms with Crippen molar-refractivity contribution in [2.45, 2.75) is 0 Å². The van der Waals surface area contributed by atoms with Crippen LogP contribution in [-0.4, -0.2) is 19.5 Å². The molecule has 0 aliphatic heterocycles. The predicted molar refractivity (Wildman–Crippen MR) is 307 cm³/mol. The molecule has 0 N–H and O–H groups in total. The first kappa shape index (κ1) is 41.8. The average Bonchev–Trinajstić information content (AvgIpc) is 4.03. The molecule has 5 nitrogen and oxygen atoms in total. The fraction of sp³-hybridized carbons (Fsp3) is 0. The van der Waals surface area contributed by atoms with Crippen LogP contribution in [0.4, 0.5) is 0 Å². The van der Waals surface area contributed by atoms with Crippen molar-refractivity contribution >= 4 is 76.1 Å². The lowest BCUT2D eigenvalue weighted by molar-refractivity contribution is 0.669. The van der Waals surface area contributed by atoms with Gasteiger partial charge in [0.25, 0.3) is 0 Å². The summed E-state index contributed by atoms with van der Waals surface area (Å²) in [5, 5.41) is 11.5. The molecule has 0 bridgehead atoms. The third-order valence-electron chi connectivity index (χ3n) is 14.8. The van der Waals surface area contributed by atoms with Crippen molar-refractivity contribution in [2.24, 2.45) is 0 Å². The zero-order chi connectivity index (χ0) is 48.7. The summed E-state index contributed by atoms with van der Waals surface area (Å²) in [7, 11) is 0. The highest BCUT2D eigenvalue weighted by Gasteiger charge is 2.26. The molecule has 0 saturated heterocycles. The van der Waals surface area contributed by atoms with Gasteiger partial charge in [0.05, 0.1) is 16.7 Å². The molecule has 3 aromatic heterocycles. The minimum atomic E-state index is 0.571. The fourth-order valence-corrected chi connectivity index (χ4v) is 11.3. The zero-order valence-electron chi connectivity index (χ0n) is 39.9. The van der Waals surface area contributed by atoms with Crippen molar-refractivity contribution in [1.29, 1.82) is 0 Å². The number of benzene rings is 12. The molecule has 0 atom stereocenters. The lowest BCUT2D eigenvalue weighted by atomic mass is 9.87. The molecule has 15 rings (SSSR count). The summed E-state index contributed by atoms with van der Waals surface area (Å²) in [6.07, 6.45) is 0. The van der Waals surface area contributed by atoms with E-state index in [-0.39, 0.29) is 0 Å². The number of rotatable bonds is 7. The lowest BCUT2D eigenvalue weighted by Crippen LogP contribution is -2.04. The first-order chi connectivity index (χ1) is 36.7. The Balaban J connectivity index is 1.06. The molecule has 0 aliphatic carbocycles. The van der Waals surface area contributed by atoms with E-state index >= 15 is 0 Å². The van der Waals surface area contributed by atoms with Crippen LogP contribution in [0.5, 0.6) is 0 Å². The summed E-state index contributed by atoms with van der Waals surface area (Å²) in [6.45, 7) is 0. The third-order valence-corrected chi connectivity index (χ3v) is 14.8. The Kier molecular flexibility index (Phi) is 9.50. The Hall–Kier alpha value is -9.97. The van der Waals surface area contributed by atoms with Crippen LogP contribution < -0.4 is 0 Å². The second kappa shape index (κ2) is 16.8. The van der Waals surface area contributed by atoms with E-state index in [2.05, 4.69) is 241 Å². The van der Waals surface area contributed by atoms with Gasteiger partial charge < -0.3 is 8.98 Å². The predicted octanol–water partition coefficient (Wildman–Crippen LogP) is 18.3. The van der Waals surface area contributed by atoms with Gasteiger partial charge in [0, 0.05) is 54.7 Å². The van der Waals surface area contributed by atoms with E-state index in [1.807, 2.05) is 18.2 Å². The van der Waals surface area contributed by atoms with Gasteiger partial charge in [-0.15, -0.1) is 0 Å². The largest absolute Gasteiger partial charge is 0.456 e. The van der Waals surface area contributed by atoms with Crippen molar-refractivity contribution in [3.8, 4) is 73.2 Å². The van der Waals surface area contributed by atoms with Gasteiger partial charge in [-0.25, -0.2) is 15.0 Å². The van der Waals surface area contributed by atoms with Gasteiger partial charge in [0.15, 0.2) is 17.5 Å². The standard InChI is InChI=1S/C69H42N4O/c1-3-15-43(16-4-1)45-27-30-48(31-28-45)65-60(73-61-42-51-23-10-9-22-50(51)40-58(61)56-35-33-46-18-11-12-24-54(46)66(56)73)37-36-57(64(65)47-19-5-2-6-20-47)69-71-67(52-32-29-44-17-7-8-21-49(44)39-52)70-68(72-69)53-34-38-63-59(41-53)55-25-13-14-26-62(55)74-63/h1-42H. The SMILES string of the molecule is c1ccc(-c2ccc(-c3c(-n4c5cc6ccccc6cc5c5ccc6ccccc6c54)ccc(-c4nc(-c5ccc6ccccc6c5)nc(-c5ccc6oc7ccccc7c6c5)n4)c3-c3ccccc3)cc2)cc1. The molecule has 0 spiro atoms. The smallest absolute Gasteiger partial charge is 0.164 e. The van der Waals surface area contributed by atoms with E-state index in [0.29, 0.717) is 17.5 Å². The van der Waals surface area contributed by atoms with E-state index < -0.39 is 0 Å². The number of hydrogen-bond donors (Lipinski definition) is 0. The van der Waals surface area contributed by atoms with Crippen LogP contribution >= 0.6 is 0 Å². The number of aromatic nitrogens is 4. The molecular weight excluding hydrogens is 901 g/mol. The Morgan fingerprint density at radius 2 is 0.811 bits per heavy atom. The molecule has 0 aliphatic rings. The fourth-order valence-electron chi connectivity index (χ4n) is 11.3. The Morgan fingerprint density at radius 3 is 1.58 bits per heavy atom. The van der Waals surface area contributed by atoms with Crippen molar-refractivity contribution in [3.05, 3.63) is 255 Å². The van der Waals surface area contributed by atoms with Crippen LogP contribution in [0.3, 0.4) is 0 Å². The second-order valence-electron chi connectivity index (χ2n) is 19.1. The molecular formula is C69H42N4O. The molecule has 0 amide bonds. The number of nitrogens with zero attached hydrogens (tertiary/aromatic N) is 4. The maximum atomic E-state index is 6.31. The van der Waals surface area contributed by atoms with Gasteiger partial charge >= 0.3 is 0 Å².